The van der Waals surface area contributed by atoms with Crippen molar-refractivity contribution in [3.63, 3.8) is 0 Å². The van der Waals surface area contributed by atoms with Gasteiger partial charge in [-0.3, -0.25) is 4.79 Å². The molecule has 1 saturated heterocycles. The first kappa shape index (κ1) is 13.9. The van der Waals surface area contributed by atoms with Crippen LogP contribution >= 0.6 is 27.5 Å². The fourth-order valence-electron chi connectivity index (χ4n) is 2.44. The van der Waals surface area contributed by atoms with Crippen LogP contribution in [0.2, 0.25) is 5.02 Å². The summed E-state index contributed by atoms with van der Waals surface area (Å²) in [5.41, 5.74) is 1.73. The van der Waals surface area contributed by atoms with E-state index in [1.807, 2.05) is 24.0 Å². The molecular weight excluding hydrogens is 314 g/mol. The lowest BCUT2D eigenvalue weighted by atomic mass is 10.1. The van der Waals surface area contributed by atoms with Crippen molar-refractivity contribution >= 4 is 33.4 Å². The monoisotopic (exact) mass is 329 g/mol. The Morgan fingerprint density at radius 2 is 2.33 bits per heavy atom. The van der Waals surface area contributed by atoms with Gasteiger partial charge >= 0.3 is 0 Å². The summed E-state index contributed by atoms with van der Waals surface area (Å²) in [5, 5.41) is 1.70. The number of hydrogen-bond acceptors (Lipinski definition) is 1. The number of nitrogens with zero attached hydrogens (tertiary/aromatic N) is 1. The number of aryl methyl sites for hydroxylation is 1. The summed E-state index contributed by atoms with van der Waals surface area (Å²) in [5.74, 6) is 0.780. The van der Waals surface area contributed by atoms with Gasteiger partial charge in [0.25, 0.3) is 5.91 Å². The van der Waals surface area contributed by atoms with Crippen LogP contribution in [0.25, 0.3) is 0 Å². The number of rotatable bonds is 3. The van der Waals surface area contributed by atoms with E-state index in [4.69, 9.17) is 11.6 Å². The zero-order valence-corrected chi connectivity index (χ0v) is 12.8. The highest BCUT2D eigenvalue weighted by atomic mass is 79.9. The summed E-state index contributed by atoms with van der Waals surface area (Å²) >= 11 is 9.38. The normalized spacial score (nSPS) is 19.3. The Balaban J connectivity index is 2.08. The van der Waals surface area contributed by atoms with E-state index in [0.717, 1.165) is 42.4 Å². The standard InChI is InChI=1S/C14H17BrClNO/c1-10-8-12(16)2-3-13(10)14(18)17-7-5-11(9-17)4-6-15/h2-3,8,11H,4-7,9H2,1H3. The summed E-state index contributed by atoms with van der Waals surface area (Å²) in [6, 6.07) is 5.46. The Labute approximate surface area is 121 Å². The third kappa shape index (κ3) is 3.07. The van der Waals surface area contributed by atoms with E-state index in [9.17, 15) is 4.79 Å². The average Bonchev–Trinajstić information content (AvgIpc) is 2.77. The molecule has 2 rings (SSSR count). The second-order valence-corrected chi connectivity index (χ2v) is 6.07. The van der Waals surface area contributed by atoms with Crippen LogP contribution in [0.15, 0.2) is 18.2 Å². The zero-order valence-electron chi connectivity index (χ0n) is 10.5. The quantitative estimate of drug-likeness (QED) is 0.770. The van der Waals surface area contributed by atoms with E-state index in [0.29, 0.717) is 10.9 Å². The van der Waals surface area contributed by atoms with Gasteiger partial charge in [0.15, 0.2) is 0 Å². The Bertz CT molecular complexity index is 449. The number of benzene rings is 1. The molecule has 0 radical (unpaired) electrons. The maximum absolute atomic E-state index is 12.4. The molecule has 1 unspecified atom stereocenters. The highest BCUT2D eigenvalue weighted by Crippen LogP contribution is 2.24. The number of halogens is 2. The van der Waals surface area contributed by atoms with Crippen molar-refractivity contribution < 1.29 is 4.79 Å². The van der Waals surface area contributed by atoms with Crippen molar-refractivity contribution in [2.45, 2.75) is 19.8 Å². The SMILES string of the molecule is Cc1cc(Cl)ccc1C(=O)N1CCC(CCBr)C1. The second kappa shape index (κ2) is 6.07. The molecule has 1 fully saturated rings. The van der Waals surface area contributed by atoms with Crippen LogP contribution in [0.3, 0.4) is 0 Å². The van der Waals surface area contributed by atoms with Gasteiger partial charge in [0.1, 0.15) is 0 Å². The first-order valence-electron chi connectivity index (χ1n) is 6.23. The molecular formula is C14H17BrClNO. The molecule has 1 atom stereocenters. The van der Waals surface area contributed by atoms with E-state index in [1.54, 1.807) is 6.07 Å². The van der Waals surface area contributed by atoms with Gasteiger partial charge in [0.05, 0.1) is 0 Å². The lowest BCUT2D eigenvalue weighted by Crippen LogP contribution is -2.29. The van der Waals surface area contributed by atoms with Gasteiger partial charge in [-0.2, -0.15) is 0 Å². The molecule has 1 amide bonds. The highest BCUT2D eigenvalue weighted by Gasteiger charge is 2.27. The van der Waals surface area contributed by atoms with E-state index >= 15 is 0 Å². The topological polar surface area (TPSA) is 20.3 Å². The lowest BCUT2D eigenvalue weighted by Gasteiger charge is -2.17. The Morgan fingerprint density at radius 1 is 1.56 bits per heavy atom. The molecule has 1 heterocycles. The Kier molecular flexibility index (Phi) is 4.68. The molecule has 0 N–H and O–H groups in total. The molecule has 1 aromatic carbocycles. The van der Waals surface area contributed by atoms with Crippen molar-refractivity contribution in [2.24, 2.45) is 5.92 Å². The fourth-order valence-corrected chi connectivity index (χ4v) is 3.32. The number of alkyl halides is 1. The summed E-state index contributed by atoms with van der Waals surface area (Å²) in [6.45, 7) is 3.69. The first-order valence-corrected chi connectivity index (χ1v) is 7.73. The van der Waals surface area contributed by atoms with E-state index in [1.165, 1.54) is 0 Å². The predicted molar refractivity (Wildman–Crippen MR) is 78.6 cm³/mol. The maximum atomic E-state index is 12.4. The van der Waals surface area contributed by atoms with Gasteiger partial charge in [-0.05, 0) is 49.4 Å². The van der Waals surface area contributed by atoms with E-state index in [2.05, 4.69) is 15.9 Å². The van der Waals surface area contributed by atoms with Crippen LogP contribution in [0.1, 0.15) is 28.8 Å². The number of hydrogen-bond donors (Lipinski definition) is 0. The molecule has 98 valence electrons. The summed E-state index contributed by atoms with van der Waals surface area (Å²) in [7, 11) is 0. The Hall–Kier alpha value is -0.540. The van der Waals surface area contributed by atoms with Crippen molar-refractivity contribution in [1.29, 1.82) is 0 Å². The zero-order chi connectivity index (χ0) is 13.1. The lowest BCUT2D eigenvalue weighted by molar-refractivity contribution is 0.0786. The second-order valence-electron chi connectivity index (χ2n) is 4.84. The molecule has 2 nitrogen and oxygen atoms in total. The van der Waals surface area contributed by atoms with Crippen LogP contribution in [0.4, 0.5) is 0 Å². The molecule has 0 aromatic heterocycles. The first-order chi connectivity index (χ1) is 8.61. The molecule has 1 aromatic rings. The maximum Gasteiger partial charge on any atom is 0.254 e. The van der Waals surface area contributed by atoms with Gasteiger partial charge in [-0.15, -0.1) is 0 Å². The number of likely N-dealkylation sites (tertiary alicyclic amines) is 1. The third-order valence-corrected chi connectivity index (χ3v) is 4.20. The van der Waals surface area contributed by atoms with Gasteiger partial charge in [-0.25, -0.2) is 0 Å². The number of amides is 1. The molecule has 0 aliphatic carbocycles. The predicted octanol–water partition coefficient (Wildman–Crippen LogP) is 3.90. The molecule has 4 heteroatoms. The molecule has 0 saturated carbocycles. The van der Waals surface area contributed by atoms with Gasteiger partial charge in [-0.1, -0.05) is 27.5 Å². The minimum atomic E-state index is 0.140. The van der Waals surface area contributed by atoms with Crippen LogP contribution < -0.4 is 0 Å². The number of carbonyl (C=O) groups excluding carboxylic acids is 1. The van der Waals surface area contributed by atoms with Gasteiger partial charge in [0, 0.05) is 29.0 Å². The Morgan fingerprint density at radius 3 is 3.00 bits per heavy atom. The summed E-state index contributed by atoms with van der Waals surface area (Å²) in [6.07, 6.45) is 2.26. The largest absolute Gasteiger partial charge is 0.338 e. The molecule has 18 heavy (non-hydrogen) atoms. The van der Waals surface area contributed by atoms with Crippen LogP contribution in [0.5, 0.6) is 0 Å². The van der Waals surface area contributed by atoms with Crippen molar-refractivity contribution in [3.05, 3.63) is 34.3 Å². The molecule has 1 aliphatic heterocycles. The van der Waals surface area contributed by atoms with Crippen molar-refractivity contribution in [3.8, 4) is 0 Å². The minimum absolute atomic E-state index is 0.140. The molecule has 0 spiro atoms. The summed E-state index contributed by atoms with van der Waals surface area (Å²) < 4.78 is 0. The van der Waals surface area contributed by atoms with Crippen molar-refractivity contribution in [1.82, 2.24) is 4.90 Å². The smallest absolute Gasteiger partial charge is 0.254 e. The summed E-state index contributed by atoms with van der Waals surface area (Å²) in [4.78, 5) is 14.4. The molecule has 0 bridgehead atoms. The van der Waals surface area contributed by atoms with Crippen LogP contribution in [0, 0.1) is 12.8 Å². The fraction of sp³-hybridized carbons (Fsp3) is 0.500. The van der Waals surface area contributed by atoms with Crippen molar-refractivity contribution in [2.75, 3.05) is 18.4 Å². The van der Waals surface area contributed by atoms with Crippen LogP contribution in [-0.4, -0.2) is 29.2 Å². The van der Waals surface area contributed by atoms with Gasteiger partial charge < -0.3 is 4.90 Å². The third-order valence-electron chi connectivity index (χ3n) is 3.51. The van der Waals surface area contributed by atoms with E-state index in [-0.39, 0.29) is 5.91 Å². The molecule has 1 aliphatic rings. The van der Waals surface area contributed by atoms with E-state index < -0.39 is 0 Å². The average molecular weight is 331 g/mol. The number of carbonyl (C=O) groups is 1. The van der Waals surface area contributed by atoms with Crippen LogP contribution in [-0.2, 0) is 0 Å². The minimum Gasteiger partial charge on any atom is -0.338 e. The highest BCUT2D eigenvalue weighted by molar-refractivity contribution is 9.09. The van der Waals surface area contributed by atoms with Gasteiger partial charge in [0.2, 0.25) is 0 Å².